The number of hydrogen-bond acceptors (Lipinski definition) is 3. The van der Waals surface area contributed by atoms with E-state index in [0.717, 1.165) is 18.3 Å². The Labute approximate surface area is 119 Å². The summed E-state index contributed by atoms with van der Waals surface area (Å²) in [5.74, 6) is 0. The molecule has 5 nitrogen and oxygen atoms in total. The fraction of sp³-hybridized carbons (Fsp3) is 0.250. The Morgan fingerprint density at radius 1 is 1.29 bits per heavy atom. The summed E-state index contributed by atoms with van der Waals surface area (Å²) in [7, 11) is -2.44. The van der Waals surface area contributed by atoms with E-state index in [1.54, 1.807) is 0 Å². The van der Waals surface area contributed by atoms with E-state index in [9.17, 15) is 21.6 Å². The van der Waals surface area contributed by atoms with E-state index in [0.29, 0.717) is 5.56 Å². The molecule has 114 valence electrons. The van der Waals surface area contributed by atoms with Crippen LogP contribution in [-0.4, -0.2) is 18.2 Å². The van der Waals surface area contributed by atoms with Crippen molar-refractivity contribution in [1.29, 1.82) is 0 Å². The van der Waals surface area contributed by atoms with Gasteiger partial charge >= 0.3 is 6.18 Å². The number of alkyl halides is 3. The van der Waals surface area contributed by atoms with E-state index >= 15 is 0 Å². The van der Waals surface area contributed by atoms with Gasteiger partial charge in [-0.3, -0.25) is 9.40 Å². The number of aryl methyl sites for hydroxylation is 2. The summed E-state index contributed by atoms with van der Waals surface area (Å²) in [6, 6.07) is 2.88. The Balaban J connectivity index is 2.39. The number of nitrogens with zero attached hydrogens (tertiary/aromatic N) is 2. The zero-order valence-electron chi connectivity index (χ0n) is 11.1. The third-order valence-electron chi connectivity index (χ3n) is 2.80. The van der Waals surface area contributed by atoms with Crippen LogP contribution >= 0.6 is 0 Å². The fourth-order valence-corrected chi connectivity index (χ4v) is 2.75. The molecule has 1 N–H and O–H groups in total. The monoisotopic (exact) mass is 319 g/mol. The van der Waals surface area contributed by atoms with Crippen molar-refractivity contribution in [2.24, 2.45) is 7.05 Å². The Morgan fingerprint density at radius 3 is 2.48 bits per heavy atom. The minimum Gasteiger partial charge on any atom is -0.279 e. The summed E-state index contributed by atoms with van der Waals surface area (Å²) in [4.78, 5) is -0.123. The lowest BCUT2D eigenvalue weighted by Crippen LogP contribution is -2.14. The van der Waals surface area contributed by atoms with Crippen molar-refractivity contribution in [2.75, 3.05) is 4.72 Å². The van der Waals surface area contributed by atoms with Gasteiger partial charge in [-0.15, -0.1) is 0 Å². The predicted octanol–water partition coefficient (Wildman–Crippen LogP) is 2.55. The van der Waals surface area contributed by atoms with Crippen molar-refractivity contribution in [3.05, 3.63) is 41.7 Å². The maximum atomic E-state index is 12.7. The molecule has 2 rings (SSSR count). The van der Waals surface area contributed by atoms with Gasteiger partial charge in [0, 0.05) is 13.2 Å². The Morgan fingerprint density at radius 2 is 1.95 bits per heavy atom. The van der Waals surface area contributed by atoms with Crippen molar-refractivity contribution < 1.29 is 21.6 Å². The standard InChI is InChI=1S/C12H12F3N3O2S/c1-8-3-4-9(12(13,14)15)5-11(8)17-21(19,20)10-6-16-18(2)7-10/h3-7,17H,1-2H3. The second kappa shape index (κ2) is 5.06. The first-order valence-electron chi connectivity index (χ1n) is 5.79. The molecule has 0 radical (unpaired) electrons. The number of hydrogen-bond donors (Lipinski definition) is 1. The molecular formula is C12H12F3N3O2S. The van der Waals surface area contributed by atoms with Gasteiger partial charge in [-0.2, -0.15) is 18.3 Å². The van der Waals surface area contributed by atoms with E-state index in [1.165, 1.54) is 30.9 Å². The first kappa shape index (κ1) is 15.4. The van der Waals surface area contributed by atoms with Crippen LogP contribution in [0.4, 0.5) is 18.9 Å². The van der Waals surface area contributed by atoms with E-state index in [4.69, 9.17) is 0 Å². The maximum Gasteiger partial charge on any atom is 0.416 e. The molecule has 0 fully saturated rings. The van der Waals surface area contributed by atoms with Gasteiger partial charge in [-0.25, -0.2) is 8.42 Å². The highest BCUT2D eigenvalue weighted by molar-refractivity contribution is 7.92. The van der Waals surface area contributed by atoms with Crippen molar-refractivity contribution in [2.45, 2.75) is 18.0 Å². The molecule has 0 atom stereocenters. The maximum absolute atomic E-state index is 12.7. The smallest absolute Gasteiger partial charge is 0.279 e. The molecule has 1 aromatic carbocycles. The molecule has 0 spiro atoms. The van der Waals surface area contributed by atoms with Crippen LogP contribution in [0.3, 0.4) is 0 Å². The summed E-state index contributed by atoms with van der Waals surface area (Å²) < 4.78 is 65.6. The third kappa shape index (κ3) is 3.35. The van der Waals surface area contributed by atoms with Crippen LogP contribution in [0, 0.1) is 6.92 Å². The van der Waals surface area contributed by atoms with Gasteiger partial charge in [0.15, 0.2) is 0 Å². The van der Waals surface area contributed by atoms with Crippen molar-refractivity contribution >= 4 is 15.7 Å². The van der Waals surface area contributed by atoms with E-state index < -0.39 is 21.8 Å². The number of aromatic nitrogens is 2. The number of anilines is 1. The van der Waals surface area contributed by atoms with Gasteiger partial charge in [0.25, 0.3) is 10.0 Å². The Kier molecular flexibility index (Phi) is 3.70. The van der Waals surface area contributed by atoms with E-state index in [1.807, 2.05) is 0 Å². The molecule has 0 bridgehead atoms. The molecule has 21 heavy (non-hydrogen) atoms. The number of halogens is 3. The highest BCUT2D eigenvalue weighted by Gasteiger charge is 2.31. The topological polar surface area (TPSA) is 64.0 Å². The number of benzene rings is 1. The highest BCUT2D eigenvalue weighted by atomic mass is 32.2. The van der Waals surface area contributed by atoms with E-state index in [2.05, 4.69) is 9.82 Å². The quantitative estimate of drug-likeness (QED) is 0.945. The molecule has 0 unspecified atom stereocenters. The molecule has 0 saturated heterocycles. The molecule has 1 heterocycles. The van der Waals surface area contributed by atoms with Crippen molar-refractivity contribution in [3.63, 3.8) is 0 Å². The number of rotatable bonds is 3. The lowest BCUT2D eigenvalue weighted by molar-refractivity contribution is -0.137. The van der Waals surface area contributed by atoms with E-state index in [-0.39, 0.29) is 10.6 Å². The zero-order chi connectivity index (χ0) is 15.8. The van der Waals surface area contributed by atoms with Gasteiger partial charge in [-0.1, -0.05) is 6.07 Å². The normalized spacial score (nSPS) is 12.4. The molecule has 0 saturated carbocycles. The Bertz CT molecular complexity index is 766. The lowest BCUT2D eigenvalue weighted by atomic mass is 10.1. The highest BCUT2D eigenvalue weighted by Crippen LogP contribution is 2.32. The van der Waals surface area contributed by atoms with Crippen molar-refractivity contribution in [3.8, 4) is 0 Å². The van der Waals surface area contributed by atoms with Crippen LogP contribution in [-0.2, 0) is 23.2 Å². The van der Waals surface area contributed by atoms with Crippen molar-refractivity contribution in [1.82, 2.24) is 9.78 Å². The summed E-state index contributed by atoms with van der Waals surface area (Å²) in [6.07, 6.45) is -2.17. The second-order valence-corrected chi connectivity index (χ2v) is 6.17. The molecule has 9 heteroatoms. The average molecular weight is 319 g/mol. The van der Waals surface area contributed by atoms with Crippen LogP contribution in [0.25, 0.3) is 0 Å². The third-order valence-corrected chi connectivity index (χ3v) is 4.12. The molecule has 0 aliphatic heterocycles. The van der Waals surface area contributed by atoms with Gasteiger partial charge in [0.2, 0.25) is 0 Å². The SMILES string of the molecule is Cc1ccc(C(F)(F)F)cc1NS(=O)(=O)c1cnn(C)c1. The van der Waals surface area contributed by atoms with Crippen LogP contribution in [0.5, 0.6) is 0 Å². The second-order valence-electron chi connectivity index (χ2n) is 4.48. The minimum absolute atomic E-state index is 0.117. The first-order valence-corrected chi connectivity index (χ1v) is 7.27. The summed E-state index contributed by atoms with van der Waals surface area (Å²) in [6.45, 7) is 1.52. The molecule has 0 aliphatic rings. The summed E-state index contributed by atoms with van der Waals surface area (Å²) >= 11 is 0. The predicted molar refractivity (Wildman–Crippen MR) is 70.2 cm³/mol. The molecule has 0 amide bonds. The van der Waals surface area contributed by atoms with Gasteiger partial charge in [0.1, 0.15) is 4.90 Å². The van der Waals surface area contributed by atoms with Crippen LogP contribution < -0.4 is 4.72 Å². The zero-order valence-corrected chi connectivity index (χ0v) is 12.0. The van der Waals surface area contributed by atoms with Gasteiger partial charge < -0.3 is 0 Å². The first-order chi connectivity index (χ1) is 9.59. The lowest BCUT2D eigenvalue weighted by Gasteiger charge is -2.13. The van der Waals surface area contributed by atoms with Crippen LogP contribution in [0.2, 0.25) is 0 Å². The number of sulfonamides is 1. The fourth-order valence-electron chi connectivity index (χ4n) is 1.65. The minimum atomic E-state index is -4.54. The average Bonchev–Trinajstić information content (AvgIpc) is 2.78. The summed E-state index contributed by atoms with van der Waals surface area (Å²) in [5, 5.41) is 3.72. The Hall–Kier alpha value is -2.03. The number of nitrogens with one attached hydrogen (secondary N) is 1. The van der Waals surface area contributed by atoms with Gasteiger partial charge in [0.05, 0.1) is 17.4 Å². The van der Waals surface area contributed by atoms with Gasteiger partial charge in [-0.05, 0) is 24.6 Å². The van der Waals surface area contributed by atoms with Crippen LogP contribution in [0.15, 0.2) is 35.5 Å². The van der Waals surface area contributed by atoms with Crippen LogP contribution in [0.1, 0.15) is 11.1 Å². The molecule has 2 aromatic rings. The largest absolute Gasteiger partial charge is 0.416 e. The molecular weight excluding hydrogens is 307 g/mol. The summed E-state index contributed by atoms with van der Waals surface area (Å²) in [5.41, 5.74) is -0.652. The molecule has 0 aliphatic carbocycles. The molecule has 1 aromatic heterocycles.